The maximum Gasteiger partial charge on any atom is 0.0977 e. The van der Waals surface area contributed by atoms with Crippen LogP contribution in [0.15, 0.2) is 158 Å². The van der Waals surface area contributed by atoms with Crippen LogP contribution in [0.2, 0.25) is 0 Å². The van der Waals surface area contributed by atoms with E-state index in [1.165, 1.54) is 71.2 Å². The van der Waals surface area contributed by atoms with Gasteiger partial charge in [-0.05, 0) is 82.7 Å². The highest BCUT2D eigenvalue weighted by atomic mass is 15.0. The molecule has 6 aromatic carbocycles. The van der Waals surface area contributed by atoms with Crippen LogP contribution in [-0.2, 0) is 0 Å². The summed E-state index contributed by atoms with van der Waals surface area (Å²) in [5.74, 6) is 0. The van der Waals surface area contributed by atoms with E-state index in [9.17, 15) is 0 Å². The summed E-state index contributed by atoms with van der Waals surface area (Å²) in [6.45, 7) is 0. The Morgan fingerprint density at radius 2 is 1.02 bits per heavy atom. The molecule has 11 rings (SSSR count). The fourth-order valence-corrected chi connectivity index (χ4v) is 8.04. The Bertz CT molecular complexity index is 2940. The minimum atomic E-state index is 0.956. The van der Waals surface area contributed by atoms with Crippen LogP contribution in [0.1, 0.15) is 0 Å². The first-order chi connectivity index (χ1) is 23.8. The molecule has 0 spiro atoms. The number of aromatic nitrogens is 4. The minimum absolute atomic E-state index is 0.956. The van der Waals surface area contributed by atoms with E-state index in [2.05, 4.69) is 155 Å². The number of nitrogens with zero attached hydrogens (tertiary/aromatic N) is 4. The minimum Gasteiger partial charge on any atom is -0.309 e. The van der Waals surface area contributed by atoms with Gasteiger partial charge in [0.2, 0.25) is 0 Å². The summed E-state index contributed by atoms with van der Waals surface area (Å²) in [7, 11) is 0. The number of fused-ring (bicyclic) bond motifs is 9. The Morgan fingerprint density at radius 3 is 1.73 bits per heavy atom. The number of hydrogen-bond acceptors (Lipinski definition) is 2. The predicted octanol–water partition coefficient (Wildman–Crippen LogP) is 11.1. The fourth-order valence-electron chi connectivity index (χ4n) is 8.04. The van der Waals surface area contributed by atoms with Crippen LogP contribution in [0.3, 0.4) is 0 Å². The molecule has 1 aliphatic carbocycles. The van der Waals surface area contributed by atoms with E-state index in [4.69, 9.17) is 9.97 Å². The van der Waals surface area contributed by atoms with E-state index in [-0.39, 0.29) is 0 Å². The molecule has 0 aliphatic heterocycles. The lowest BCUT2D eigenvalue weighted by Gasteiger charge is -2.11. The Balaban J connectivity index is 1.10. The van der Waals surface area contributed by atoms with Gasteiger partial charge in [0.05, 0.1) is 45.3 Å². The second-order valence-electron chi connectivity index (χ2n) is 12.7. The van der Waals surface area contributed by atoms with Crippen LogP contribution in [0, 0.1) is 0 Å². The predicted molar refractivity (Wildman–Crippen MR) is 198 cm³/mol. The van der Waals surface area contributed by atoms with Crippen molar-refractivity contribution in [1.82, 2.24) is 19.1 Å². The molecule has 0 N–H and O–H groups in total. The van der Waals surface area contributed by atoms with Crippen LogP contribution in [0.4, 0.5) is 0 Å². The number of rotatable bonds is 3. The van der Waals surface area contributed by atoms with Gasteiger partial charge in [-0.2, -0.15) is 0 Å². The second kappa shape index (κ2) is 9.50. The lowest BCUT2D eigenvalue weighted by molar-refractivity contribution is 1.14. The van der Waals surface area contributed by atoms with E-state index in [1.54, 1.807) is 0 Å². The van der Waals surface area contributed by atoms with Crippen molar-refractivity contribution < 1.29 is 0 Å². The molecule has 1 aliphatic rings. The largest absolute Gasteiger partial charge is 0.309 e. The van der Waals surface area contributed by atoms with E-state index < -0.39 is 0 Å². The van der Waals surface area contributed by atoms with Crippen LogP contribution < -0.4 is 0 Å². The average molecular weight is 611 g/mol. The van der Waals surface area contributed by atoms with Gasteiger partial charge in [-0.15, -0.1) is 0 Å². The zero-order valence-electron chi connectivity index (χ0n) is 25.8. The van der Waals surface area contributed by atoms with Crippen LogP contribution >= 0.6 is 0 Å². The number of benzene rings is 6. The van der Waals surface area contributed by atoms with Crippen molar-refractivity contribution in [2.75, 3.05) is 0 Å². The Labute approximate surface area is 275 Å². The molecule has 0 amide bonds. The summed E-state index contributed by atoms with van der Waals surface area (Å²) in [5, 5.41) is 7.35. The zero-order valence-corrected chi connectivity index (χ0v) is 25.8. The molecule has 4 heterocycles. The highest BCUT2D eigenvalue weighted by Crippen LogP contribution is 2.46. The maximum absolute atomic E-state index is 5.03. The van der Waals surface area contributed by atoms with Crippen molar-refractivity contribution >= 4 is 54.4 Å². The molecular formula is C44H26N4. The summed E-state index contributed by atoms with van der Waals surface area (Å²) in [5.41, 5.74) is 13.6. The molecule has 0 fully saturated rings. The van der Waals surface area contributed by atoms with Gasteiger partial charge in [0.25, 0.3) is 0 Å². The molecule has 0 atom stereocenters. The fraction of sp³-hybridized carbons (Fsp3) is 0. The quantitative estimate of drug-likeness (QED) is 0.199. The first-order valence-corrected chi connectivity index (χ1v) is 16.3. The molecule has 0 saturated heterocycles. The molecule has 0 unspecified atom stereocenters. The summed E-state index contributed by atoms with van der Waals surface area (Å²) < 4.78 is 4.72. The van der Waals surface area contributed by atoms with Crippen molar-refractivity contribution in [3.63, 3.8) is 0 Å². The lowest BCUT2D eigenvalue weighted by atomic mass is 10.0. The van der Waals surface area contributed by atoms with E-state index >= 15 is 0 Å². The third-order valence-corrected chi connectivity index (χ3v) is 10.1. The van der Waals surface area contributed by atoms with Gasteiger partial charge in [0.1, 0.15) is 0 Å². The average Bonchev–Trinajstić information content (AvgIpc) is 3.78. The van der Waals surface area contributed by atoms with Gasteiger partial charge in [0.15, 0.2) is 0 Å². The molecule has 0 saturated carbocycles. The van der Waals surface area contributed by atoms with E-state index in [0.717, 1.165) is 28.2 Å². The maximum atomic E-state index is 5.03. The molecule has 222 valence electrons. The molecule has 4 aromatic heterocycles. The first kappa shape index (κ1) is 25.6. The van der Waals surface area contributed by atoms with Gasteiger partial charge in [-0.1, -0.05) is 84.9 Å². The van der Waals surface area contributed by atoms with E-state index in [0.29, 0.717) is 0 Å². The zero-order chi connectivity index (χ0) is 31.3. The highest BCUT2D eigenvalue weighted by Gasteiger charge is 2.25. The van der Waals surface area contributed by atoms with Crippen molar-refractivity contribution in [3.8, 4) is 45.0 Å². The van der Waals surface area contributed by atoms with Gasteiger partial charge < -0.3 is 9.13 Å². The van der Waals surface area contributed by atoms with Crippen molar-refractivity contribution in [1.29, 1.82) is 0 Å². The Hall–Kier alpha value is -6.52. The van der Waals surface area contributed by atoms with Gasteiger partial charge >= 0.3 is 0 Å². The highest BCUT2D eigenvalue weighted by molar-refractivity contribution is 6.15. The molecule has 4 heteroatoms. The van der Waals surface area contributed by atoms with Crippen molar-refractivity contribution in [2.24, 2.45) is 0 Å². The number of para-hydroxylation sites is 3. The Kier molecular flexibility index (Phi) is 5.08. The normalized spacial score (nSPS) is 12.2. The van der Waals surface area contributed by atoms with E-state index in [1.807, 2.05) is 12.4 Å². The third kappa shape index (κ3) is 3.43. The van der Waals surface area contributed by atoms with Gasteiger partial charge in [-0.25, -0.2) is 0 Å². The molecule has 4 nitrogen and oxygen atoms in total. The van der Waals surface area contributed by atoms with Crippen LogP contribution in [0.5, 0.6) is 0 Å². The molecule has 0 bridgehead atoms. The van der Waals surface area contributed by atoms with Crippen LogP contribution in [-0.4, -0.2) is 19.1 Å². The molecule has 48 heavy (non-hydrogen) atoms. The molecular weight excluding hydrogens is 585 g/mol. The lowest BCUT2D eigenvalue weighted by Crippen LogP contribution is -1.96. The third-order valence-electron chi connectivity index (χ3n) is 10.1. The number of hydrogen-bond donors (Lipinski definition) is 0. The number of pyridine rings is 2. The smallest absolute Gasteiger partial charge is 0.0977 e. The van der Waals surface area contributed by atoms with Crippen molar-refractivity contribution in [3.05, 3.63) is 158 Å². The summed E-state index contributed by atoms with van der Waals surface area (Å²) in [4.78, 5) is 9.76. The monoisotopic (exact) mass is 610 g/mol. The molecule has 0 radical (unpaired) electrons. The van der Waals surface area contributed by atoms with Crippen LogP contribution in [0.25, 0.3) is 99.4 Å². The standard InChI is InChI=1S/C44H26N4/c1-2-10-30(11-3-1)47-38-15-6-4-12-32(38)35-23-28(17-19-40(35)47)29-18-20-41-36(24-29)33-13-5-7-16-39(33)48(41)31-25-37-34-14-8-9-27-21-22-45-44(42(27)34)43(37)46-26-31/h1-26H. The molecule has 10 aromatic rings. The van der Waals surface area contributed by atoms with Crippen molar-refractivity contribution in [2.45, 2.75) is 0 Å². The SMILES string of the molecule is c1ccc(-n2c3ccccc3c3cc(-c4ccc5c(c4)c4ccccc4n5-c4cnc5c(c4)-c4cccc6ccnc-5c46)ccc32)cc1. The topological polar surface area (TPSA) is 35.6 Å². The summed E-state index contributed by atoms with van der Waals surface area (Å²) >= 11 is 0. The first-order valence-electron chi connectivity index (χ1n) is 16.3. The van der Waals surface area contributed by atoms with Gasteiger partial charge in [-0.3, -0.25) is 9.97 Å². The van der Waals surface area contributed by atoms with Gasteiger partial charge in [0, 0.05) is 44.4 Å². The summed E-state index contributed by atoms with van der Waals surface area (Å²) in [6.07, 6.45) is 3.89. The Morgan fingerprint density at radius 1 is 0.396 bits per heavy atom. The summed E-state index contributed by atoms with van der Waals surface area (Å²) in [6, 6.07) is 52.6. The second-order valence-corrected chi connectivity index (χ2v) is 12.7.